The summed E-state index contributed by atoms with van der Waals surface area (Å²) in [5.74, 6) is -0.0673. The predicted molar refractivity (Wildman–Crippen MR) is 142 cm³/mol. The lowest BCUT2D eigenvalue weighted by molar-refractivity contribution is -0.123. The van der Waals surface area contributed by atoms with Gasteiger partial charge in [-0.1, -0.05) is 49.7 Å². The van der Waals surface area contributed by atoms with E-state index in [0.717, 1.165) is 5.56 Å². The van der Waals surface area contributed by atoms with Crippen LogP contribution in [-0.4, -0.2) is 31.2 Å². The highest BCUT2D eigenvalue weighted by Crippen LogP contribution is 2.28. The number of amides is 2. The van der Waals surface area contributed by atoms with Gasteiger partial charge < -0.3 is 14.8 Å². The molecule has 0 aliphatic carbocycles. The van der Waals surface area contributed by atoms with Gasteiger partial charge in [-0.3, -0.25) is 9.59 Å². The van der Waals surface area contributed by atoms with Crippen LogP contribution >= 0.6 is 11.6 Å². The third-order valence-electron chi connectivity index (χ3n) is 5.42. The van der Waals surface area contributed by atoms with Crippen molar-refractivity contribution in [2.45, 2.75) is 26.5 Å². The van der Waals surface area contributed by atoms with Crippen LogP contribution in [0.3, 0.4) is 0 Å². The molecule has 1 unspecified atom stereocenters. The highest BCUT2D eigenvalue weighted by Gasteiger charge is 2.24. The van der Waals surface area contributed by atoms with Gasteiger partial charge in [-0.2, -0.15) is 10.4 Å². The van der Waals surface area contributed by atoms with Crippen LogP contribution in [0.25, 0.3) is 0 Å². The Balaban J connectivity index is 1.63. The number of rotatable bonds is 10. The minimum atomic E-state index is -0.801. The lowest BCUT2D eigenvalue weighted by Gasteiger charge is -2.20. The summed E-state index contributed by atoms with van der Waals surface area (Å²) in [5.41, 5.74) is 4.81. The Bertz CT molecular complexity index is 1330. The number of hydrogen-bond acceptors (Lipinski definition) is 6. The number of carbonyl (C=O) groups is 2. The zero-order valence-electron chi connectivity index (χ0n) is 20.7. The predicted octanol–water partition coefficient (Wildman–Crippen LogP) is 4.70. The highest BCUT2D eigenvalue weighted by atomic mass is 35.5. The number of nitriles is 1. The van der Waals surface area contributed by atoms with Crippen molar-refractivity contribution in [2.24, 2.45) is 11.0 Å². The highest BCUT2D eigenvalue weighted by molar-refractivity contribution is 6.31. The van der Waals surface area contributed by atoms with Crippen LogP contribution in [0, 0.1) is 17.2 Å². The van der Waals surface area contributed by atoms with Crippen molar-refractivity contribution < 1.29 is 19.1 Å². The Morgan fingerprint density at radius 3 is 2.57 bits per heavy atom. The van der Waals surface area contributed by atoms with E-state index in [1.165, 1.54) is 19.4 Å². The van der Waals surface area contributed by atoms with Crippen LogP contribution in [0.1, 0.15) is 40.9 Å². The molecule has 0 bridgehead atoms. The molecule has 3 aromatic carbocycles. The van der Waals surface area contributed by atoms with Gasteiger partial charge in [0, 0.05) is 16.1 Å². The molecule has 9 heteroatoms. The molecule has 0 spiro atoms. The SMILES string of the molecule is COc1cc(/C=N/NC(=O)C(NC(=O)c2cccc(Cl)c2)C(C)C)ccc1OCc1ccccc1C#N. The molecular formula is C28H27ClN4O4. The minimum Gasteiger partial charge on any atom is -0.493 e. The number of hydrogen-bond donors (Lipinski definition) is 2. The zero-order valence-corrected chi connectivity index (χ0v) is 21.5. The summed E-state index contributed by atoms with van der Waals surface area (Å²) in [6.07, 6.45) is 1.46. The standard InChI is InChI=1S/C28H27ClN4O4/c1-18(2)26(32-27(34)20-9-6-10-23(29)14-20)28(35)33-31-16-19-11-12-24(25(13-19)36-3)37-17-22-8-5-4-7-21(22)15-30/h4-14,16,18,26H,17H2,1-3H3,(H,32,34)(H,33,35)/b31-16+. The monoisotopic (exact) mass is 518 g/mol. The summed E-state index contributed by atoms with van der Waals surface area (Å²) in [6, 6.07) is 20.2. The van der Waals surface area contributed by atoms with Gasteiger partial charge in [0.05, 0.1) is 25.0 Å². The van der Waals surface area contributed by atoms with E-state index < -0.39 is 17.9 Å². The quantitative estimate of drug-likeness (QED) is 0.298. The number of halogens is 1. The number of hydrazone groups is 1. The molecule has 2 N–H and O–H groups in total. The van der Waals surface area contributed by atoms with E-state index in [1.807, 2.05) is 26.0 Å². The van der Waals surface area contributed by atoms with E-state index in [4.69, 9.17) is 21.1 Å². The Hall–Kier alpha value is -4.35. The maximum atomic E-state index is 12.7. The molecule has 1 atom stereocenters. The first-order chi connectivity index (χ1) is 17.8. The molecule has 0 aliphatic heterocycles. The van der Waals surface area contributed by atoms with Gasteiger partial charge >= 0.3 is 0 Å². The van der Waals surface area contributed by atoms with E-state index in [0.29, 0.717) is 33.2 Å². The normalized spacial score (nSPS) is 11.6. The van der Waals surface area contributed by atoms with E-state index in [1.54, 1.807) is 48.5 Å². The molecular weight excluding hydrogens is 492 g/mol. The van der Waals surface area contributed by atoms with E-state index in [-0.39, 0.29) is 12.5 Å². The topological polar surface area (TPSA) is 113 Å². The lowest BCUT2D eigenvalue weighted by Crippen LogP contribution is -2.48. The fourth-order valence-corrected chi connectivity index (χ4v) is 3.61. The molecule has 8 nitrogen and oxygen atoms in total. The Labute approximate surface area is 220 Å². The van der Waals surface area contributed by atoms with E-state index in [2.05, 4.69) is 21.9 Å². The number of carbonyl (C=O) groups excluding carboxylic acids is 2. The molecule has 0 saturated carbocycles. The van der Waals surface area contributed by atoms with Crippen molar-refractivity contribution in [1.82, 2.24) is 10.7 Å². The summed E-state index contributed by atoms with van der Waals surface area (Å²) >= 11 is 5.96. The number of benzene rings is 3. The summed E-state index contributed by atoms with van der Waals surface area (Å²) in [7, 11) is 1.52. The van der Waals surface area contributed by atoms with E-state index >= 15 is 0 Å². The largest absolute Gasteiger partial charge is 0.493 e. The van der Waals surface area contributed by atoms with Gasteiger partial charge in [-0.15, -0.1) is 0 Å². The molecule has 2 amide bonds. The first kappa shape index (κ1) is 27.2. The maximum absolute atomic E-state index is 12.7. The summed E-state index contributed by atoms with van der Waals surface area (Å²) in [6.45, 7) is 3.86. The molecule has 0 aliphatic rings. The number of methoxy groups -OCH3 is 1. The molecule has 190 valence electrons. The summed E-state index contributed by atoms with van der Waals surface area (Å²) in [5, 5.41) is 16.4. The van der Waals surface area contributed by atoms with Gasteiger partial charge in [0.25, 0.3) is 11.8 Å². The molecule has 0 radical (unpaired) electrons. The number of nitrogens with one attached hydrogen (secondary N) is 2. The van der Waals surface area contributed by atoms with Crippen molar-refractivity contribution in [3.05, 3.63) is 94.0 Å². The third kappa shape index (κ3) is 7.56. The van der Waals surface area contributed by atoms with Crippen molar-refractivity contribution in [3.63, 3.8) is 0 Å². The third-order valence-corrected chi connectivity index (χ3v) is 5.65. The average molecular weight is 519 g/mol. The fraction of sp³-hybridized carbons (Fsp3) is 0.214. The van der Waals surface area contributed by atoms with Gasteiger partial charge in [0.15, 0.2) is 11.5 Å². The zero-order chi connectivity index (χ0) is 26.8. The van der Waals surface area contributed by atoms with Crippen molar-refractivity contribution in [3.8, 4) is 17.6 Å². The van der Waals surface area contributed by atoms with Crippen LogP contribution in [0.5, 0.6) is 11.5 Å². The van der Waals surface area contributed by atoms with Crippen molar-refractivity contribution in [2.75, 3.05) is 7.11 Å². The molecule has 37 heavy (non-hydrogen) atoms. The van der Waals surface area contributed by atoms with Crippen molar-refractivity contribution >= 4 is 29.6 Å². The fourth-order valence-electron chi connectivity index (χ4n) is 3.42. The Morgan fingerprint density at radius 2 is 1.86 bits per heavy atom. The van der Waals surface area contributed by atoms with Crippen LogP contribution in [0.4, 0.5) is 0 Å². The van der Waals surface area contributed by atoms with Crippen LogP contribution in [0.2, 0.25) is 5.02 Å². The molecule has 3 rings (SSSR count). The van der Waals surface area contributed by atoms with Crippen molar-refractivity contribution in [1.29, 1.82) is 5.26 Å². The minimum absolute atomic E-state index is 0.180. The first-order valence-corrected chi connectivity index (χ1v) is 11.9. The van der Waals surface area contributed by atoms with Crippen LogP contribution < -0.4 is 20.2 Å². The molecule has 0 heterocycles. The van der Waals surface area contributed by atoms with Crippen LogP contribution in [0.15, 0.2) is 71.8 Å². The summed E-state index contributed by atoms with van der Waals surface area (Å²) < 4.78 is 11.3. The maximum Gasteiger partial charge on any atom is 0.262 e. The smallest absolute Gasteiger partial charge is 0.262 e. The molecule has 0 saturated heterocycles. The second-order valence-electron chi connectivity index (χ2n) is 8.41. The lowest BCUT2D eigenvalue weighted by atomic mass is 10.0. The molecule has 3 aromatic rings. The molecule has 0 fully saturated rings. The number of nitrogens with zero attached hydrogens (tertiary/aromatic N) is 2. The van der Waals surface area contributed by atoms with Gasteiger partial charge in [0.2, 0.25) is 0 Å². The second kappa shape index (κ2) is 13.1. The second-order valence-corrected chi connectivity index (χ2v) is 8.84. The number of ether oxygens (including phenoxy) is 2. The molecule has 0 aromatic heterocycles. The Morgan fingerprint density at radius 1 is 1.08 bits per heavy atom. The summed E-state index contributed by atoms with van der Waals surface area (Å²) in [4.78, 5) is 25.3. The van der Waals surface area contributed by atoms with Gasteiger partial charge in [-0.05, 0) is 53.9 Å². The first-order valence-electron chi connectivity index (χ1n) is 11.5. The van der Waals surface area contributed by atoms with Crippen LogP contribution in [-0.2, 0) is 11.4 Å². The van der Waals surface area contributed by atoms with E-state index in [9.17, 15) is 14.9 Å². The van der Waals surface area contributed by atoms with Gasteiger partial charge in [0.1, 0.15) is 12.6 Å². The average Bonchev–Trinajstić information content (AvgIpc) is 2.90. The Kier molecular flexibility index (Phi) is 9.64. The van der Waals surface area contributed by atoms with Gasteiger partial charge in [-0.25, -0.2) is 5.43 Å².